The van der Waals surface area contributed by atoms with Gasteiger partial charge in [-0.3, -0.25) is 9.69 Å². The molecule has 152 valence electrons. The maximum atomic E-state index is 12.2. The van der Waals surface area contributed by atoms with Crippen molar-refractivity contribution in [2.45, 2.75) is 19.9 Å². The lowest BCUT2D eigenvalue weighted by molar-refractivity contribution is -0.0660. The minimum Gasteiger partial charge on any atom is -0.378 e. The first-order valence-corrected chi connectivity index (χ1v) is 10.6. The fourth-order valence-electron chi connectivity index (χ4n) is 3.32. The Hall–Kier alpha value is -1.90. The van der Waals surface area contributed by atoms with Crippen molar-refractivity contribution in [1.29, 1.82) is 0 Å². The van der Waals surface area contributed by atoms with Gasteiger partial charge in [-0.15, -0.1) is 0 Å². The predicted octanol–water partition coefficient (Wildman–Crippen LogP) is 2.83. The van der Waals surface area contributed by atoms with Crippen molar-refractivity contribution in [3.8, 4) is 0 Å². The summed E-state index contributed by atoms with van der Waals surface area (Å²) in [6.45, 7) is 9.85. The molecule has 4 heterocycles. The lowest BCUT2D eigenvalue weighted by atomic mass is 10.2. The monoisotopic (exact) mass is 449 g/mol. The first-order valence-electron chi connectivity index (χ1n) is 9.76. The van der Waals surface area contributed by atoms with Gasteiger partial charge >= 0.3 is 0 Å². The number of aromatic nitrogens is 2. The van der Waals surface area contributed by atoms with E-state index in [1.807, 2.05) is 26.1 Å². The Labute approximate surface area is 174 Å². The van der Waals surface area contributed by atoms with E-state index in [1.165, 1.54) is 4.57 Å². The second-order valence-electron chi connectivity index (χ2n) is 6.73. The van der Waals surface area contributed by atoms with Gasteiger partial charge in [0.05, 0.1) is 31.1 Å². The number of hydrogen-bond acceptors (Lipinski definition) is 6. The summed E-state index contributed by atoms with van der Waals surface area (Å²) in [7, 11) is 1.73. The molecule has 4 rings (SSSR count). The van der Waals surface area contributed by atoms with Crippen LogP contribution in [0, 0.1) is 0 Å². The Kier molecular flexibility index (Phi) is 7.09. The van der Waals surface area contributed by atoms with Gasteiger partial charge < -0.3 is 19.5 Å². The number of nitrogens with zero attached hydrogens (tertiary/aromatic N) is 4. The van der Waals surface area contributed by atoms with Gasteiger partial charge in [-0.2, -0.15) is 0 Å². The largest absolute Gasteiger partial charge is 0.378 e. The molecule has 7 nitrogen and oxygen atoms in total. The minimum atomic E-state index is -0.0878. The van der Waals surface area contributed by atoms with Crippen LogP contribution in [0.2, 0.25) is 0 Å². The van der Waals surface area contributed by atoms with Gasteiger partial charge in [0.25, 0.3) is 5.56 Å². The first-order chi connectivity index (χ1) is 13.6. The van der Waals surface area contributed by atoms with Crippen LogP contribution in [0.25, 0.3) is 0 Å². The zero-order valence-corrected chi connectivity index (χ0v) is 18.3. The van der Waals surface area contributed by atoms with Crippen LogP contribution < -0.4 is 15.8 Å². The molecule has 1 N–H and O–H groups in total. The molecule has 2 aliphatic rings. The smallest absolute Gasteiger partial charge is 0.274 e. The molecule has 0 bridgehead atoms. The third-order valence-corrected chi connectivity index (χ3v) is 5.41. The molecule has 2 aromatic rings. The highest BCUT2D eigenvalue weighted by Gasteiger charge is 2.28. The Morgan fingerprint density at radius 2 is 1.89 bits per heavy atom. The molecule has 0 aliphatic carbocycles. The standard InChI is InChI=1S/C18H22BrN5O2.C2H6/c1-22-10-13(19)8-16(18(22)25)21-17-3-2-14(9-20-17)23-4-6-24(7-5-23)15-11-26-12-15;1-2/h2-3,8-10,15H,4-7,11-12H2,1H3,(H,20,21);1-2H3. The van der Waals surface area contributed by atoms with Crippen molar-refractivity contribution in [1.82, 2.24) is 14.5 Å². The summed E-state index contributed by atoms with van der Waals surface area (Å²) in [5.41, 5.74) is 1.52. The van der Waals surface area contributed by atoms with Gasteiger partial charge in [0.1, 0.15) is 11.5 Å². The summed E-state index contributed by atoms with van der Waals surface area (Å²) >= 11 is 3.41. The summed E-state index contributed by atoms with van der Waals surface area (Å²) in [4.78, 5) is 21.5. The van der Waals surface area contributed by atoms with Crippen LogP contribution in [0.3, 0.4) is 0 Å². The molecule has 0 atom stereocenters. The normalized spacial score (nSPS) is 17.5. The number of piperazine rings is 1. The number of rotatable bonds is 4. The number of nitrogens with one attached hydrogen (secondary N) is 1. The number of anilines is 3. The van der Waals surface area contributed by atoms with E-state index in [9.17, 15) is 4.79 Å². The molecule has 8 heteroatoms. The SMILES string of the molecule is CC.Cn1cc(Br)cc(Nc2ccc(N3CCN(C4COC4)CC3)cn2)c1=O. The first kappa shape index (κ1) is 20.8. The number of pyridine rings is 2. The van der Waals surface area contributed by atoms with Crippen molar-refractivity contribution in [3.63, 3.8) is 0 Å². The molecule has 2 fully saturated rings. The Bertz CT molecular complexity index is 827. The van der Waals surface area contributed by atoms with Gasteiger partial charge in [0.2, 0.25) is 0 Å². The van der Waals surface area contributed by atoms with Crippen molar-refractivity contribution < 1.29 is 4.74 Å². The quantitative estimate of drug-likeness (QED) is 0.773. The van der Waals surface area contributed by atoms with E-state index in [-0.39, 0.29) is 5.56 Å². The van der Waals surface area contributed by atoms with E-state index in [1.54, 1.807) is 19.3 Å². The average molecular weight is 450 g/mol. The van der Waals surface area contributed by atoms with Crippen LogP contribution in [0.5, 0.6) is 0 Å². The Morgan fingerprint density at radius 1 is 1.18 bits per heavy atom. The van der Waals surface area contributed by atoms with E-state index in [0.29, 0.717) is 17.5 Å². The summed E-state index contributed by atoms with van der Waals surface area (Å²) in [6, 6.07) is 6.35. The van der Waals surface area contributed by atoms with Crippen LogP contribution >= 0.6 is 15.9 Å². The van der Waals surface area contributed by atoms with E-state index >= 15 is 0 Å². The molecular weight excluding hydrogens is 422 g/mol. The predicted molar refractivity (Wildman–Crippen MR) is 117 cm³/mol. The second kappa shape index (κ2) is 9.54. The highest BCUT2D eigenvalue weighted by atomic mass is 79.9. The lowest BCUT2D eigenvalue weighted by Crippen LogP contribution is -2.56. The fourth-order valence-corrected chi connectivity index (χ4v) is 3.86. The second-order valence-corrected chi connectivity index (χ2v) is 7.64. The molecule has 2 aliphatic heterocycles. The van der Waals surface area contributed by atoms with Gasteiger partial charge in [0, 0.05) is 43.9 Å². The summed E-state index contributed by atoms with van der Waals surface area (Å²) in [5.74, 6) is 0.661. The number of hydrogen-bond donors (Lipinski definition) is 1. The average Bonchev–Trinajstić information content (AvgIpc) is 2.67. The Balaban J connectivity index is 0.00000109. The third-order valence-electron chi connectivity index (χ3n) is 4.98. The van der Waals surface area contributed by atoms with Crippen molar-refractivity contribution in [2.75, 3.05) is 49.6 Å². The van der Waals surface area contributed by atoms with Crippen LogP contribution in [0.1, 0.15) is 13.8 Å². The van der Waals surface area contributed by atoms with Gasteiger partial charge in [-0.1, -0.05) is 13.8 Å². The van der Waals surface area contributed by atoms with Crippen LogP contribution in [-0.2, 0) is 11.8 Å². The van der Waals surface area contributed by atoms with Gasteiger partial charge in [0.15, 0.2) is 0 Å². The topological polar surface area (TPSA) is 62.6 Å². The van der Waals surface area contributed by atoms with Crippen molar-refractivity contribution in [3.05, 3.63) is 45.4 Å². The van der Waals surface area contributed by atoms with Gasteiger partial charge in [-0.25, -0.2) is 4.98 Å². The van der Waals surface area contributed by atoms with Crippen molar-refractivity contribution in [2.24, 2.45) is 7.05 Å². The summed E-state index contributed by atoms with van der Waals surface area (Å²) in [5, 5.41) is 3.11. The van der Waals surface area contributed by atoms with Crippen LogP contribution in [0.4, 0.5) is 17.2 Å². The van der Waals surface area contributed by atoms with Gasteiger partial charge in [-0.05, 0) is 34.1 Å². The number of aryl methyl sites for hydroxylation is 1. The number of halogens is 1. The van der Waals surface area contributed by atoms with Crippen LogP contribution in [0.15, 0.2) is 39.9 Å². The lowest BCUT2D eigenvalue weighted by Gasteiger charge is -2.43. The molecule has 2 aromatic heterocycles. The molecule has 0 saturated carbocycles. The molecule has 0 amide bonds. The fraction of sp³-hybridized carbons (Fsp3) is 0.500. The molecule has 2 saturated heterocycles. The van der Waals surface area contributed by atoms with E-state index in [4.69, 9.17) is 4.74 Å². The minimum absolute atomic E-state index is 0.0878. The Morgan fingerprint density at radius 3 is 2.46 bits per heavy atom. The van der Waals surface area contributed by atoms with Crippen LogP contribution in [-0.4, -0.2) is 59.9 Å². The molecule has 0 aromatic carbocycles. The van der Waals surface area contributed by atoms with E-state index in [0.717, 1.165) is 49.6 Å². The maximum absolute atomic E-state index is 12.2. The highest BCUT2D eigenvalue weighted by molar-refractivity contribution is 9.10. The zero-order chi connectivity index (χ0) is 20.1. The molecule has 28 heavy (non-hydrogen) atoms. The third kappa shape index (κ3) is 4.74. The highest BCUT2D eigenvalue weighted by Crippen LogP contribution is 2.21. The molecular formula is C20H28BrN5O2. The summed E-state index contributed by atoms with van der Waals surface area (Å²) < 4.78 is 7.66. The zero-order valence-electron chi connectivity index (χ0n) is 16.7. The molecule has 0 radical (unpaired) electrons. The number of ether oxygens (including phenoxy) is 1. The maximum Gasteiger partial charge on any atom is 0.274 e. The molecule has 0 spiro atoms. The van der Waals surface area contributed by atoms with E-state index in [2.05, 4.69) is 42.1 Å². The van der Waals surface area contributed by atoms with Crippen molar-refractivity contribution >= 4 is 33.1 Å². The summed E-state index contributed by atoms with van der Waals surface area (Å²) in [6.07, 6.45) is 3.60. The molecule has 0 unspecified atom stereocenters. The van der Waals surface area contributed by atoms with E-state index < -0.39 is 0 Å².